The number of rotatable bonds is 5. The molecule has 0 aliphatic carbocycles. The minimum Gasteiger partial charge on any atom is -0.352 e. The van der Waals surface area contributed by atoms with Crippen LogP contribution in [0, 0.1) is 0 Å². The molecule has 4 N–H and O–H groups in total. The molecule has 0 saturated carbocycles. The highest BCUT2D eigenvalue weighted by molar-refractivity contribution is 7.99. The average Bonchev–Trinajstić information content (AvgIpc) is 2.88. The lowest BCUT2D eigenvalue weighted by molar-refractivity contribution is 0.0952. The summed E-state index contributed by atoms with van der Waals surface area (Å²) < 4.78 is 22.6. The van der Waals surface area contributed by atoms with Crippen LogP contribution in [0.25, 0.3) is 0 Å². The number of carbonyl (C=O) groups is 2. The minimum absolute atomic E-state index is 0.0485. The summed E-state index contributed by atoms with van der Waals surface area (Å²) in [6.45, 7) is 0.372. The SMILES string of the molecule is NS(=O)(=O)c1ccc(CCNC(=O)c2ccc3c(c2)NC(=O)c2ccccc2S3)cc1. The largest absolute Gasteiger partial charge is 0.352 e. The summed E-state index contributed by atoms with van der Waals surface area (Å²) in [5.74, 6) is -0.465. The van der Waals surface area contributed by atoms with Crippen molar-refractivity contribution >= 4 is 39.3 Å². The van der Waals surface area contributed by atoms with Crippen LogP contribution in [-0.2, 0) is 16.4 Å². The molecule has 1 aliphatic rings. The number of nitrogens with one attached hydrogen (secondary N) is 2. The predicted octanol–water partition coefficient (Wildman–Crippen LogP) is 3.02. The minimum atomic E-state index is -3.72. The molecule has 0 unspecified atom stereocenters. The summed E-state index contributed by atoms with van der Waals surface area (Å²) in [6.07, 6.45) is 0.531. The first-order valence-corrected chi connectivity index (χ1v) is 11.8. The predicted molar refractivity (Wildman–Crippen MR) is 119 cm³/mol. The van der Waals surface area contributed by atoms with E-state index in [0.29, 0.717) is 29.8 Å². The molecule has 9 heteroatoms. The van der Waals surface area contributed by atoms with E-state index in [-0.39, 0.29) is 16.7 Å². The van der Waals surface area contributed by atoms with E-state index in [2.05, 4.69) is 10.6 Å². The second-order valence-electron chi connectivity index (χ2n) is 6.96. The van der Waals surface area contributed by atoms with Crippen molar-refractivity contribution < 1.29 is 18.0 Å². The highest BCUT2D eigenvalue weighted by atomic mass is 32.2. The Morgan fingerprint density at radius 1 is 1.00 bits per heavy atom. The maximum absolute atomic E-state index is 12.6. The lowest BCUT2D eigenvalue weighted by Gasteiger charge is -2.10. The van der Waals surface area contributed by atoms with Gasteiger partial charge in [0.05, 0.1) is 16.1 Å². The smallest absolute Gasteiger partial charge is 0.256 e. The molecule has 3 aromatic carbocycles. The zero-order valence-electron chi connectivity index (χ0n) is 16.3. The van der Waals surface area contributed by atoms with Crippen molar-refractivity contribution in [2.75, 3.05) is 11.9 Å². The van der Waals surface area contributed by atoms with Gasteiger partial charge in [0.1, 0.15) is 0 Å². The lowest BCUT2D eigenvalue weighted by Crippen LogP contribution is -2.26. The first-order chi connectivity index (χ1) is 14.8. The Balaban J connectivity index is 1.41. The molecule has 31 heavy (non-hydrogen) atoms. The molecule has 0 bridgehead atoms. The number of sulfonamides is 1. The van der Waals surface area contributed by atoms with E-state index in [4.69, 9.17) is 5.14 Å². The molecule has 4 rings (SSSR count). The Morgan fingerprint density at radius 3 is 2.48 bits per heavy atom. The van der Waals surface area contributed by atoms with Crippen molar-refractivity contribution in [2.24, 2.45) is 5.14 Å². The van der Waals surface area contributed by atoms with Crippen LogP contribution in [0.3, 0.4) is 0 Å². The second kappa shape index (κ2) is 8.54. The number of nitrogens with two attached hydrogens (primary N) is 1. The van der Waals surface area contributed by atoms with E-state index >= 15 is 0 Å². The van der Waals surface area contributed by atoms with Gasteiger partial charge in [-0.3, -0.25) is 9.59 Å². The summed E-state index contributed by atoms with van der Waals surface area (Å²) in [7, 11) is -3.72. The van der Waals surface area contributed by atoms with Crippen molar-refractivity contribution in [1.82, 2.24) is 5.32 Å². The van der Waals surface area contributed by atoms with Crippen molar-refractivity contribution in [3.8, 4) is 0 Å². The third-order valence-electron chi connectivity index (χ3n) is 4.79. The highest BCUT2D eigenvalue weighted by Gasteiger charge is 2.20. The van der Waals surface area contributed by atoms with Gasteiger partial charge in [-0.1, -0.05) is 36.0 Å². The van der Waals surface area contributed by atoms with E-state index in [0.717, 1.165) is 15.4 Å². The molecule has 0 saturated heterocycles. The first-order valence-electron chi connectivity index (χ1n) is 9.43. The number of hydrogen-bond donors (Lipinski definition) is 3. The molecule has 0 aromatic heterocycles. The molecule has 0 radical (unpaired) electrons. The molecule has 1 aliphatic heterocycles. The van der Waals surface area contributed by atoms with Crippen LogP contribution in [0.2, 0.25) is 0 Å². The number of anilines is 1. The Bertz CT molecular complexity index is 1270. The van der Waals surface area contributed by atoms with Crippen LogP contribution >= 0.6 is 11.8 Å². The lowest BCUT2D eigenvalue weighted by atomic mass is 10.1. The second-order valence-corrected chi connectivity index (χ2v) is 9.60. The molecule has 0 spiro atoms. The average molecular weight is 454 g/mol. The molecule has 1 heterocycles. The number of fused-ring (bicyclic) bond motifs is 2. The molecular formula is C22H19N3O4S2. The zero-order valence-corrected chi connectivity index (χ0v) is 17.9. The van der Waals surface area contributed by atoms with Crippen molar-refractivity contribution in [1.29, 1.82) is 0 Å². The molecule has 7 nitrogen and oxygen atoms in total. The standard InChI is InChI=1S/C22H19N3O4S2/c23-31(28,29)16-8-5-14(6-9-16)11-12-24-21(26)15-7-10-20-18(13-15)25-22(27)17-3-1-2-4-19(17)30-20/h1-10,13H,11-12H2,(H,24,26)(H,25,27)(H2,23,28,29). The summed E-state index contributed by atoms with van der Waals surface area (Å²) in [4.78, 5) is 26.8. The van der Waals surface area contributed by atoms with Crippen molar-refractivity contribution in [2.45, 2.75) is 21.1 Å². The Hall–Kier alpha value is -3.14. The van der Waals surface area contributed by atoms with E-state index < -0.39 is 10.0 Å². The zero-order chi connectivity index (χ0) is 22.0. The van der Waals surface area contributed by atoms with Crippen molar-refractivity contribution in [3.63, 3.8) is 0 Å². The molecule has 158 valence electrons. The molecule has 0 atom stereocenters. The van der Waals surface area contributed by atoms with Gasteiger partial charge in [0.25, 0.3) is 11.8 Å². The van der Waals surface area contributed by atoms with Gasteiger partial charge in [0.2, 0.25) is 10.0 Å². The topological polar surface area (TPSA) is 118 Å². The quantitative estimate of drug-likeness (QED) is 0.549. The van der Waals surface area contributed by atoms with Crippen LogP contribution in [0.15, 0.2) is 81.4 Å². The Labute approximate surface area is 184 Å². The van der Waals surface area contributed by atoms with E-state index in [1.807, 2.05) is 24.3 Å². The van der Waals surface area contributed by atoms with Gasteiger partial charge in [-0.25, -0.2) is 13.6 Å². The fraction of sp³-hybridized carbons (Fsp3) is 0.0909. The summed E-state index contributed by atoms with van der Waals surface area (Å²) in [5, 5.41) is 10.8. The normalized spacial score (nSPS) is 12.9. The van der Waals surface area contributed by atoms with Crippen LogP contribution in [0.1, 0.15) is 26.3 Å². The number of benzene rings is 3. The van der Waals surface area contributed by atoms with Crippen LogP contribution in [-0.4, -0.2) is 26.8 Å². The van der Waals surface area contributed by atoms with Gasteiger partial charge >= 0.3 is 0 Å². The van der Waals surface area contributed by atoms with E-state index in [1.54, 1.807) is 30.3 Å². The maximum atomic E-state index is 12.6. The van der Waals surface area contributed by atoms with Gasteiger partial charge in [0.15, 0.2) is 0 Å². The molecule has 3 aromatic rings. The van der Waals surface area contributed by atoms with Crippen molar-refractivity contribution in [3.05, 3.63) is 83.4 Å². The maximum Gasteiger partial charge on any atom is 0.256 e. The number of hydrogen-bond acceptors (Lipinski definition) is 5. The Morgan fingerprint density at radius 2 is 1.74 bits per heavy atom. The van der Waals surface area contributed by atoms with E-state index in [9.17, 15) is 18.0 Å². The van der Waals surface area contributed by atoms with Gasteiger partial charge in [-0.2, -0.15) is 0 Å². The van der Waals surface area contributed by atoms with Gasteiger partial charge < -0.3 is 10.6 Å². The summed E-state index contributed by atoms with van der Waals surface area (Å²) >= 11 is 1.48. The van der Waals surface area contributed by atoms with Gasteiger partial charge in [0, 0.05) is 21.9 Å². The number of primary sulfonamides is 1. The summed E-state index contributed by atoms with van der Waals surface area (Å²) in [5.41, 5.74) is 2.51. The monoisotopic (exact) mass is 453 g/mol. The molecule has 0 fully saturated rings. The number of carbonyl (C=O) groups excluding carboxylic acids is 2. The third-order valence-corrected chi connectivity index (χ3v) is 6.87. The van der Waals surface area contributed by atoms with Crippen LogP contribution in [0.5, 0.6) is 0 Å². The fourth-order valence-electron chi connectivity index (χ4n) is 3.18. The fourth-order valence-corrected chi connectivity index (χ4v) is 4.70. The highest BCUT2D eigenvalue weighted by Crippen LogP contribution is 2.38. The van der Waals surface area contributed by atoms with Crippen LogP contribution < -0.4 is 15.8 Å². The van der Waals surface area contributed by atoms with E-state index in [1.165, 1.54) is 23.9 Å². The summed E-state index contributed by atoms with van der Waals surface area (Å²) in [6, 6.07) is 18.8. The molecule has 2 amide bonds. The Kier molecular flexibility index (Phi) is 5.81. The number of amides is 2. The van der Waals surface area contributed by atoms with Gasteiger partial charge in [-0.15, -0.1) is 0 Å². The molecular weight excluding hydrogens is 434 g/mol. The van der Waals surface area contributed by atoms with Crippen LogP contribution in [0.4, 0.5) is 5.69 Å². The third kappa shape index (κ3) is 4.79. The van der Waals surface area contributed by atoms with Gasteiger partial charge in [-0.05, 0) is 54.4 Å². The first kappa shape index (κ1) is 21.1.